The molecule has 63 heavy (non-hydrogen) atoms. The molecule has 1 amide bonds. The first kappa shape index (κ1) is 41.8. The van der Waals surface area contributed by atoms with Crippen LogP contribution in [0.2, 0.25) is 0 Å². The molecule has 10 rings (SSSR count). The molecule has 0 saturated carbocycles. The highest BCUT2D eigenvalue weighted by Crippen LogP contribution is 2.53. The topological polar surface area (TPSA) is 158 Å². The number of thioether (sulfide) groups is 1. The highest BCUT2D eigenvalue weighted by molar-refractivity contribution is 8.04. The van der Waals surface area contributed by atoms with Crippen LogP contribution >= 0.6 is 11.8 Å². The lowest BCUT2D eigenvalue weighted by Gasteiger charge is -2.37. The van der Waals surface area contributed by atoms with Gasteiger partial charge in [0.25, 0.3) is 0 Å². The molecule has 3 aliphatic heterocycles. The summed E-state index contributed by atoms with van der Waals surface area (Å²) in [6.07, 6.45) is -1.87. The van der Waals surface area contributed by atoms with E-state index in [1.54, 1.807) is 31.4 Å². The van der Waals surface area contributed by atoms with Gasteiger partial charge >= 0.3 is 17.9 Å². The monoisotopic (exact) mass is 878 g/mol. The van der Waals surface area contributed by atoms with E-state index in [-0.39, 0.29) is 40.5 Å². The first-order chi connectivity index (χ1) is 30.5. The molecule has 15 nitrogen and oxygen atoms in total. The van der Waals surface area contributed by atoms with Crippen molar-refractivity contribution in [2.45, 2.75) is 56.0 Å². The SMILES string of the molecule is COc1ccc(CN2C(=O)n3ncnc3C3C4=C(CN(Cc5ccccc5)CCC4)SC32)cc1.COc1ccc(Cn2c(=O)n3ncnc3c3cc(C(O)C(F)(F)F)cnc32)cc1. The van der Waals surface area contributed by atoms with E-state index in [4.69, 9.17) is 9.47 Å². The van der Waals surface area contributed by atoms with E-state index >= 15 is 0 Å². The van der Waals surface area contributed by atoms with E-state index in [9.17, 15) is 27.9 Å². The number of pyridine rings is 1. The van der Waals surface area contributed by atoms with Crippen LogP contribution in [0, 0.1) is 0 Å². The van der Waals surface area contributed by atoms with Gasteiger partial charge in [0.05, 0.1) is 37.4 Å². The lowest BCUT2D eigenvalue weighted by Crippen LogP contribution is -2.48. The van der Waals surface area contributed by atoms with E-state index in [1.165, 1.54) is 38.7 Å². The molecule has 1 N–H and O–H groups in total. The number of rotatable bonds is 9. The van der Waals surface area contributed by atoms with E-state index < -0.39 is 23.5 Å². The Morgan fingerprint density at radius 2 is 1.49 bits per heavy atom. The van der Waals surface area contributed by atoms with Crippen molar-refractivity contribution in [3.05, 3.63) is 153 Å². The van der Waals surface area contributed by atoms with Crippen LogP contribution in [0.25, 0.3) is 16.7 Å². The van der Waals surface area contributed by atoms with Crippen LogP contribution in [0.5, 0.6) is 11.5 Å². The van der Waals surface area contributed by atoms with Crippen LogP contribution in [0.3, 0.4) is 0 Å². The third kappa shape index (κ3) is 8.26. The number of halogens is 3. The Morgan fingerprint density at radius 1 is 0.825 bits per heavy atom. The smallest absolute Gasteiger partial charge is 0.418 e. The molecular weight excluding hydrogens is 838 g/mol. The van der Waals surface area contributed by atoms with Crippen molar-refractivity contribution >= 4 is 34.5 Å². The van der Waals surface area contributed by atoms with Crippen molar-refractivity contribution in [2.24, 2.45) is 0 Å². The molecule has 3 unspecified atom stereocenters. The number of benzene rings is 3. The van der Waals surface area contributed by atoms with Gasteiger partial charge < -0.3 is 19.5 Å². The Kier molecular flexibility index (Phi) is 11.5. The molecule has 19 heteroatoms. The predicted molar refractivity (Wildman–Crippen MR) is 227 cm³/mol. The fourth-order valence-corrected chi connectivity index (χ4v) is 9.93. The Balaban J connectivity index is 0.000000162. The summed E-state index contributed by atoms with van der Waals surface area (Å²) in [6.45, 7) is 3.56. The van der Waals surface area contributed by atoms with Gasteiger partial charge in [0, 0.05) is 36.3 Å². The number of aliphatic hydroxyl groups is 1. The molecule has 7 heterocycles. The predicted octanol–water partition coefficient (Wildman–Crippen LogP) is 6.57. The molecule has 4 aromatic heterocycles. The van der Waals surface area contributed by atoms with Gasteiger partial charge in [0.2, 0.25) is 0 Å². The number of ether oxygens (including phenoxy) is 2. The summed E-state index contributed by atoms with van der Waals surface area (Å²) < 4.78 is 52.9. The Labute approximate surface area is 362 Å². The van der Waals surface area contributed by atoms with Crippen LogP contribution in [-0.4, -0.2) is 98.7 Å². The van der Waals surface area contributed by atoms with Crippen LogP contribution in [0.15, 0.2) is 119 Å². The zero-order chi connectivity index (χ0) is 43.8. The van der Waals surface area contributed by atoms with E-state index in [2.05, 4.69) is 60.4 Å². The molecule has 0 aliphatic carbocycles. The van der Waals surface area contributed by atoms with Crippen molar-refractivity contribution in [1.82, 2.24) is 48.7 Å². The first-order valence-electron chi connectivity index (χ1n) is 20.1. The van der Waals surface area contributed by atoms with E-state index in [1.807, 2.05) is 40.9 Å². The van der Waals surface area contributed by atoms with Gasteiger partial charge in [-0.3, -0.25) is 9.47 Å². The maximum absolute atomic E-state index is 13.4. The molecule has 0 saturated heterocycles. The van der Waals surface area contributed by atoms with Crippen LogP contribution in [0.4, 0.5) is 18.0 Å². The minimum atomic E-state index is -4.85. The molecule has 0 spiro atoms. The van der Waals surface area contributed by atoms with E-state index in [0.717, 1.165) is 78.3 Å². The molecule has 0 fully saturated rings. The fraction of sp³-hybridized carbons (Fsp3) is 0.295. The number of carbonyl (C=O) groups excluding carboxylic acids is 1. The number of carbonyl (C=O) groups is 1. The third-order valence-electron chi connectivity index (χ3n) is 11.4. The van der Waals surface area contributed by atoms with Gasteiger partial charge in [-0.05, 0) is 72.0 Å². The van der Waals surface area contributed by atoms with Gasteiger partial charge in [-0.1, -0.05) is 54.6 Å². The normalized spacial score (nSPS) is 18.1. The average molecular weight is 879 g/mol. The summed E-state index contributed by atoms with van der Waals surface area (Å²) in [4.78, 5) is 44.7. The van der Waals surface area contributed by atoms with Gasteiger partial charge in [-0.2, -0.15) is 32.6 Å². The number of hydrogen-bond acceptors (Lipinski definition) is 12. The Morgan fingerprint density at radius 3 is 2.17 bits per heavy atom. The molecule has 3 aromatic carbocycles. The van der Waals surface area contributed by atoms with Gasteiger partial charge in [-0.15, -0.1) is 11.8 Å². The van der Waals surface area contributed by atoms with Crippen molar-refractivity contribution in [3.63, 3.8) is 0 Å². The second kappa shape index (κ2) is 17.3. The number of nitrogens with zero attached hydrogens (tertiary/aromatic N) is 10. The standard InChI is InChI=1S/C26H27N5O2S.C18H14F3N5O3/c1-33-20-11-9-19(10-12-20)15-30-25-23(24-27-17-28-31(24)26(30)32)21-8-5-13-29(16-22(21)34-25)14-18-6-3-2-4-7-18;1-29-12-4-2-10(3-5-12)8-25-15-13(16-23-9-24-26(16)17(25)28)6-11(7-22-15)14(27)18(19,20)21/h2-4,6-7,9-12,17,23,25H,5,8,13-16H2,1H3;2-7,9,14,27H,8H2,1H3. The van der Waals surface area contributed by atoms with Gasteiger partial charge in [0.1, 0.15) is 35.6 Å². The summed E-state index contributed by atoms with van der Waals surface area (Å²) in [5, 5.41) is 17.9. The second-order valence-corrected chi connectivity index (χ2v) is 16.5. The first-order valence-corrected chi connectivity index (χ1v) is 21.0. The van der Waals surface area contributed by atoms with Crippen LogP contribution in [0.1, 0.15) is 52.9 Å². The average Bonchev–Trinajstić information content (AvgIpc) is 4.04. The summed E-state index contributed by atoms with van der Waals surface area (Å²) >= 11 is 1.85. The summed E-state index contributed by atoms with van der Waals surface area (Å²) in [7, 11) is 3.19. The quantitative estimate of drug-likeness (QED) is 0.167. The zero-order valence-corrected chi connectivity index (χ0v) is 34.9. The van der Waals surface area contributed by atoms with Crippen molar-refractivity contribution in [3.8, 4) is 11.5 Å². The zero-order valence-electron chi connectivity index (χ0n) is 34.1. The summed E-state index contributed by atoms with van der Waals surface area (Å²) in [6, 6.07) is 26.6. The number of aliphatic hydroxyl groups excluding tert-OH is 1. The molecule has 0 radical (unpaired) electrons. The Hall–Kier alpha value is -6.57. The highest BCUT2D eigenvalue weighted by Gasteiger charge is 2.49. The second-order valence-electron chi connectivity index (χ2n) is 15.3. The van der Waals surface area contributed by atoms with Crippen molar-refractivity contribution in [1.29, 1.82) is 0 Å². The fourth-order valence-electron chi connectivity index (χ4n) is 8.29. The number of methoxy groups -OCH3 is 2. The van der Waals surface area contributed by atoms with Crippen molar-refractivity contribution < 1.29 is 32.5 Å². The molecule has 3 aliphatic rings. The highest BCUT2D eigenvalue weighted by atomic mass is 32.2. The molecule has 7 aromatic rings. The summed E-state index contributed by atoms with van der Waals surface area (Å²) in [5.74, 6) is 2.33. The minimum Gasteiger partial charge on any atom is -0.497 e. The maximum atomic E-state index is 13.4. The van der Waals surface area contributed by atoms with Crippen LogP contribution < -0.4 is 15.2 Å². The maximum Gasteiger partial charge on any atom is 0.418 e. The largest absolute Gasteiger partial charge is 0.497 e. The number of alkyl halides is 3. The third-order valence-corrected chi connectivity index (χ3v) is 12.8. The Bertz CT molecular complexity index is 2870. The summed E-state index contributed by atoms with van der Waals surface area (Å²) in [5.41, 5.74) is 3.78. The molecule has 0 bridgehead atoms. The minimum absolute atomic E-state index is 0.00739. The number of hydrogen-bond donors (Lipinski definition) is 1. The molecule has 324 valence electrons. The number of fused-ring (bicyclic) bond motifs is 7. The van der Waals surface area contributed by atoms with Gasteiger partial charge in [-0.25, -0.2) is 24.5 Å². The number of amides is 1. The van der Waals surface area contributed by atoms with Crippen LogP contribution in [-0.2, 0) is 19.6 Å². The lowest BCUT2D eigenvalue weighted by molar-refractivity contribution is -0.206. The van der Waals surface area contributed by atoms with Crippen molar-refractivity contribution in [2.75, 3.05) is 27.3 Å². The number of aromatic nitrogens is 8. The molecule has 3 atom stereocenters. The molecular formula is C44H41F3N10O5S. The van der Waals surface area contributed by atoms with Gasteiger partial charge in [0.15, 0.2) is 11.8 Å². The van der Waals surface area contributed by atoms with E-state index in [0.29, 0.717) is 12.3 Å². The lowest BCUT2D eigenvalue weighted by atomic mass is 9.92.